The first-order valence-corrected chi connectivity index (χ1v) is 14.1. The lowest BCUT2D eigenvalue weighted by Gasteiger charge is -2.11. The van der Waals surface area contributed by atoms with Gasteiger partial charge in [-0.25, -0.2) is 10.4 Å². The first kappa shape index (κ1) is 28.3. The maximum Gasteiger partial charge on any atom is 0.416 e. The molecule has 0 saturated carbocycles. The molecule has 0 radical (unpaired) electrons. The van der Waals surface area contributed by atoms with Crippen molar-refractivity contribution in [1.29, 1.82) is 0 Å². The van der Waals surface area contributed by atoms with E-state index in [2.05, 4.69) is 66.0 Å². The van der Waals surface area contributed by atoms with Crippen LogP contribution in [0.25, 0.3) is 0 Å². The molecule has 1 amide bonds. The van der Waals surface area contributed by atoms with Gasteiger partial charge in [-0.15, -0.1) is 11.3 Å². The predicted molar refractivity (Wildman–Crippen MR) is 159 cm³/mol. The second-order valence-electron chi connectivity index (χ2n) is 7.91. The SMILES string of the molecule is O=C(Cc1csc(Nc2cccc(C(F)(F)F)c2)n1)N/N=C\c1cc(I)c(OCc2ccccc2)c(I)c1. The van der Waals surface area contributed by atoms with E-state index < -0.39 is 11.7 Å². The summed E-state index contributed by atoms with van der Waals surface area (Å²) in [5.41, 5.74) is 4.33. The summed E-state index contributed by atoms with van der Waals surface area (Å²) in [6.45, 7) is 0.462. The second kappa shape index (κ2) is 12.9. The van der Waals surface area contributed by atoms with E-state index in [1.54, 1.807) is 11.6 Å². The van der Waals surface area contributed by atoms with Crippen molar-refractivity contribution in [2.24, 2.45) is 5.10 Å². The molecule has 196 valence electrons. The topological polar surface area (TPSA) is 75.6 Å². The summed E-state index contributed by atoms with van der Waals surface area (Å²) >= 11 is 5.60. The maximum atomic E-state index is 12.9. The van der Waals surface area contributed by atoms with Gasteiger partial charge in [-0.2, -0.15) is 18.3 Å². The summed E-state index contributed by atoms with van der Waals surface area (Å²) in [5, 5.41) is 8.92. The minimum absolute atomic E-state index is 0.0283. The Morgan fingerprint density at radius 1 is 1.05 bits per heavy atom. The summed E-state index contributed by atoms with van der Waals surface area (Å²) in [6, 6.07) is 18.6. The van der Waals surface area contributed by atoms with E-state index in [0.29, 0.717) is 17.4 Å². The van der Waals surface area contributed by atoms with E-state index in [4.69, 9.17) is 4.74 Å². The Morgan fingerprint density at radius 2 is 1.79 bits per heavy atom. The smallest absolute Gasteiger partial charge is 0.416 e. The van der Waals surface area contributed by atoms with Crippen LogP contribution in [0.1, 0.15) is 22.4 Å². The van der Waals surface area contributed by atoms with E-state index in [-0.39, 0.29) is 18.0 Å². The monoisotopic (exact) mass is 762 g/mol. The second-order valence-corrected chi connectivity index (χ2v) is 11.1. The van der Waals surface area contributed by atoms with Crippen LogP contribution in [0.15, 0.2) is 77.2 Å². The van der Waals surface area contributed by atoms with E-state index in [9.17, 15) is 18.0 Å². The fraction of sp³-hybridized carbons (Fsp3) is 0.115. The Kier molecular flexibility index (Phi) is 9.59. The molecule has 0 saturated heterocycles. The zero-order valence-corrected chi connectivity index (χ0v) is 24.6. The van der Waals surface area contributed by atoms with Crippen LogP contribution in [0.2, 0.25) is 0 Å². The number of halogens is 5. The number of rotatable bonds is 9. The van der Waals surface area contributed by atoms with Gasteiger partial charge in [0.1, 0.15) is 12.4 Å². The quantitative estimate of drug-likeness (QED) is 0.106. The normalized spacial score (nSPS) is 11.5. The molecule has 4 aromatic rings. The first-order chi connectivity index (χ1) is 18.2. The maximum absolute atomic E-state index is 12.9. The van der Waals surface area contributed by atoms with E-state index in [1.807, 2.05) is 42.5 Å². The molecule has 6 nitrogen and oxygen atoms in total. The number of carbonyl (C=O) groups excluding carboxylic acids is 1. The zero-order valence-electron chi connectivity index (χ0n) is 19.4. The van der Waals surface area contributed by atoms with E-state index in [0.717, 1.165) is 36.1 Å². The van der Waals surface area contributed by atoms with Crippen molar-refractivity contribution in [2.45, 2.75) is 19.2 Å². The molecule has 12 heteroatoms. The fourth-order valence-corrected chi connectivity index (χ4v) is 6.10. The summed E-state index contributed by atoms with van der Waals surface area (Å²) in [4.78, 5) is 16.6. The molecule has 0 aliphatic rings. The zero-order chi connectivity index (χ0) is 27.1. The third-order valence-electron chi connectivity index (χ3n) is 4.98. The van der Waals surface area contributed by atoms with Crippen LogP contribution in [0, 0.1) is 7.14 Å². The number of carbonyl (C=O) groups is 1. The number of aromatic nitrogens is 1. The Balaban J connectivity index is 1.30. The number of amides is 1. The van der Waals surface area contributed by atoms with Crippen molar-refractivity contribution in [3.05, 3.63) is 102 Å². The van der Waals surface area contributed by atoms with Gasteiger partial charge >= 0.3 is 6.18 Å². The van der Waals surface area contributed by atoms with Gasteiger partial charge in [0.25, 0.3) is 0 Å². The Morgan fingerprint density at radius 3 is 2.50 bits per heavy atom. The number of hydrogen-bond donors (Lipinski definition) is 2. The van der Waals surface area contributed by atoms with Crippen LogP contribution >= 0.6 is 56.5 Å². The highest BCUT2D eigenvalue weighted by Crippen LogP contribution is 2.32. The van der Waals surface area contributed by atoms with Crippen LogP contribution in [0.5, 0.6) is 5.75 Å². The molecule has 0 atom stereocenters. The van der Waals surface area contributed by atoms with Gasteiger partial charge in [0.05, 0.1) is 31.0 Å². The standard InChI is InChI=1S/C26H19F3I2N4O2S/c27-26(28,29)18-7-4-8-19(11-18)33-25-34-20(15-38-25)12-23(36)35-32-13-17-9-21(30)24(22(31)10-17)37-14-16-5-2-1-3-6-16/h1-11,13,15H,12,14H2,(H,33,34)(H,35,36)/b32-13-. The fourth-order valence-electron chi connectivity index (χ4n) is 3.25. The molecule has 1 heterocycles. The van der Waals surface area contributed by atoms with Gasteiger partial charge in [-0.1, -0.05) is 36.4 Å². The van der Waals surface area contributed by atoms with Gasteiger partial charge in [0.15, 0.2) is 5.13 Å². The molecule has 0 bridgehead atoms. The largest absolute Gasteiger partial charge is 0.487 e. The summed E-state index contributed by atoms with van der Waals surface area (Å²) in [6.07, 6.45) is -2.91. The predicted octanol–water partition coefficient (Wildman–Crippen LogP) is 7.39. The molecular weight excluding hydrogens is 743 g/mol. The molecule has 2 N–H and O–H groups in total. The lowest BCUT2D eigenvalue weighted by atomic mass is 10.2. The van der Waals surface area contributed by atoms with Crippen LogP contribution in [-0.4, -0.2) is 17.1 Å². The number of hydrogen-bond acceptors (Lipinski definition) is 6. The van der Waals surface area contributed by atoms with Crippen molar-refractivity contribution >= 4 is 79.5 Å². The van der Waals surface area contributed by atoms with Crippen molar-refractivity contribution < 1.29 is 22.7 Å². The van der Waals surface area contributed by atoms with Crippen LogP contribution in [-0.2, 0) is 24.0 Å². The number of ether oxygens (including phenoxy) is 1. The number of thiazole rings is 1. The molecular formula is C26H19F3I2N4O2S. The molecule has 0 unspecified atom stereocenters. The Labute approximate surface area is 248 Å². The van der Waals surface area contributed by atoms with Crippen molar-refractivity contribution in [2.75, 3.05) is 5.32 Å². The Hall–Kier alpha value is -2.72. The highest BCUT2D eigenvalue weighted by molar-refractivity contribution is 14.1. The van der Waals surface area contributed by atoms with Crippen molar-refractivity contribution in [3.63, 3.8) is 0 Å². The Bertz CT molecular complexity index is 1420. The average molecular weight is 762 g/mol. The molecule has 0 fully saturated rings. The highest BCUT2D eigenvalue weighted by atomic mass is 127. The van der Waals surface area contributed by atoms with Gasteiger partial charge < -0.3 is 10.1 Å². The van der Waals surface area contributed by atoms with Crippen molar-refractivity contribution in [3.8, 4) is 5.75 Å². The number of benzene rings is 3. The molecule has 3 aromatic carbocycles. The number of anilines is 2. The molecule has 1 aromatic heterocycles. The number of nitrogens with one attached hydrogen (secondary N) is 2. The number of alkyl halides is 3. The average Bonchev–Trinajstić information content (AvgIpc) is 3.30. The summed E-state index contributed by atoms with van der Waals surface area (Å²) < 4.78 is 46.5. The molecule has 0 spiro atoms. The van der Waals surface area contributed by atoms with Crippen LogP contribution < -0.4 is 15.5 Å². The third kappa shape index (κ3) is 8.14. The van der Waals surface area contributed by atoms with Gasteiger partial charge in [0, 0.05) is 11.1 Å². The first-order valence-electron chi connectivity index (χ1n) is 11.0. The van der Waals surface area contributed by atoms with E-state index in [1.165, 1.54) is 23.5 Å². The molecule has 4 rings (SSSR count). The van der Waals surface area contributed by atoms with Gasteiger partial charge in [0.2, 0.25) is 5.91 Å². The van der Waals surface area contributed by atoms with E-state index >= 15 is 0 Å². The van der Waals surface area contributed by atoms with Crippen molar-refractivity contribution in [1.82, 2.24) is 10.4 Å². The third-order valence-corrected chi connectivity index (χ3v) is 7.39. The summed E-state index contributed by atoms with van der Waals surface area (Å²) in [5.74, 6) is 0.415. The number of hydrazone groups is 1. The van der Waals surface area contributed by atoms with Crippen LogP contribution in [0.4, 0.5) is 24.0 Å². The minimum Gasteiger partial charge on any atom is -0.487 e. The highest BCUT2D eigenvalue weighted by Gasteiger charge is 2.30. The molecule has 0 aliphatic carbocycles. The molecule has 38 heavy (non-hydrogen) atoms. The number of nitrogens with zero attached hydrogens (tertiary/aromatic N) is 2. The van der Waals surface area contributed by atoms with Crippen LogP contribution in [0.3, 0.4) is 0 Å². The van der Waals surface area contributed by atoms with Gasteiger partial charge in [-0.05, 0) is 86.6 Å². The lowest BCUT2D eigenvalue weighted by Crippen LogP contribution is -2.20. The van der Waals surface area contributed by atoms with Gasteiger partial charge in [-0.3, -0.25) is 4.79 Å². The lowest BCUT2D eigenvalue weighted by molar-refractivity contribution is -0.137. The summed E-state index contributed by atoms with van der Waals surface area (Å²) in [7, 11) is 0. The molecule has 0 aliphatic heterocycles. The minimum atomic E-state index is -4.43.